The molecule has 1 aliphatic rings. The minimum Gasteiger partial charge on any atom is -0.480 e. The summed E-state index contributed by atoms with van der Waals surface area (Å²) >= 11 is 3.03. The molecule has 2 unspecified atom stereocenters. The fraction of sp³-hybridized carbons (Fsp3) is 0.615. The molecule has 1 aromatic heterocycles. The second-order valence-electron chi connectivity index (χ2n) is 4.96. The number of hydrogen-bond acceptors (Lipinski definition) is 5. The molecule has 0 spiro atoms. The fourth-order valence-electron chi connectivity index (χ4n) is 2.30. The maximum atomic E-state index is 12.6. The predicted octanol–water partition coefficient (Wildman–Crippen LogP) is 2.32. The van der Waals surface area contributed by atoms with Crippen molar-refractivity contribution in [2.24, 2.45) is 0 Å². The summed E-state index contributed by atoms with van der Waals surface area (Å²) in [4.78, 5) is 31.2. The van der Waals surface area contributed by atoms with Crippen LogP contribution in [0.5, 0.6) is 0 Å². The largest absolute Gasteiger partial charge is 0.480 e. The van der Waals surface area contributed by atoms with E-state index in [1.54, 1.807) is 29.2 Å². The summed E-state index contributed by atoms with van der Waals surface area (Å²) in [7, 11) is 1.69. The van der Waals surface area contributed by atoms with Crippen molar-refractivity contribution in [2.45, 2.75) is 37.7 Å². The molecule has 1 N–H and O–H groups in total. The molecule has 1 aromatic rings. The summed E-state index contributed by atoms with van der Waals surface area (Å²) in [6, 6.07) is -0.976. The Labute approximate surface area is 132 Å². The van der Waals surface area contributed by atoms with E-state index in [1.807, 2.05) is 12.3 Å². The minimum atomic E-state index is -0.934. The zero-order chi connectivity index (χ0) is 15.4. The Morgan fingerprint density at radius 3 is 2.90 bits per heavy atom. The first kappa shape index (κ1) is 16.1. The third-order valence-electron chi connectivity index (χ3n) is 3.34. The van der Waals surface area contributed by atoms with E-state index in [4.69, 9.17) is 0 Å². The van der Waals surface area contributed by atoms with Crippen LogP contribution in [-0.2, 0) is 11.3 Å². The van der Waals surface area contributed by atoms with Crippen LogP contribution in [0.25, 0.3) is 0 Å². The molecule has 0 radical (unpaired) electrons. The number of thioether (sulfide) groups is 1. The first-order valence-electron chi connectivity index (χ1n) is 6.79. The van der Waals surface area contributed by atoms with Crippen LogP contribution in [0, 0.1) is 0 Å². The Bertz CT molecular complexity index is 495. The average molecular weight is 329 g/mol. The number of carboxylic acids is 1. The number of amides is 2. The van der Waals surface area contributed by atoms with E-state index < -0.39 is 12.0 Å². The van der Waals surface area contributed by atoms with E-state index in [-0.39, 0.29) is 11.4 Å². The number of hydrogen-bond donors (Lipinski definition) is 1. The molecule has 0 bridgehead atoms. The molecule has 8 heteroatoms. The summed E-state index contributed by atoms with van der Waals surface area (Å²) in [5.74, 6) is -0.479. The van der Waals surface area contributed by atoms with E-state index >= 15 is 0 Å². The van der Waals surface area contributed by atoms with E-state index in [0.717, 1.165) is 18.5 Å². The highest BCUT2D eigenvalue weighted by molar-refractivity contribution is 8.00. The van der Waals surface area contributed by atoms with E-state index in [0.29, 0.717) is 12.3 Å². The number of thiazole rings is 1. The molecular weight excluding hydrogens is 310 g/mol. The number of carbonyl (C=O) groups excluding carboxylic acids is 1. The van der Waals surface area contributed by atoms with Gasteiger partial charge in [-0.2, -0.15) is 0 Å². The van der Waals surface area contributed by atoms with Crippen LogP contribution >= 0.6 is 23.1 Å². The van der Waals surface area contributed by atoms with Gasteiger partial charge < -0.3 is 10.0 Å². The van der Waals surface area contributed by atoms with Crippen molar-refractivity contribution in [3.63, 3.8) is 0 Å². The average Bonchev–Trinajstić information content (AvgIpc) is 3.07. The molecule has 1 aliphatic heterocycles. The van der Waals surface area contributed by atoms with Gasteiger partial charge in [0.25, 0.3) is 0 Å². The van der Waals surface area contributed by atoms with Crippen LogP contribution in [0.2, 0.25) is 0 Å². The molecule has 116 valence electrons. The van der Waals surface area contributed by atoms with Crippen LogP contribution in [0.1, 0.15) is 25.5 Å². The number of aromatic nitrogens is 1. The number of urea groups is 1. The zero-order valence-corrected chi connectivity index (χ0v) is 13.7. The first-order valence-corrected chi connectivity index (χ1v) is 8.78. The van der Waals surface area contributed by atoms with Gasteiger partial charge in [0.05, 0.1) is 23.1 Å². The van der Waals surface area contributed by atoms with Gasteiger partial charge in [-0.15, -0.1) is 23.1 Å². The normalized spacial score (nSPS) is 21.5. The second kappa shape index (κ2) is 7.13. The zero-order valence-electron chi connectivity index (χ0n) is 12.1. The number of carbonyl (C=O) groups is 2. The van der Waals surface area contributed by atoms with Crippen molar-refractivity contribution in [1.82, 2.24) is 14.8 Å². The standard InChI is InChI=1S/C13H19N3O3S2/c1-3-4-11-16(10(7-21-11)12(17)18)13(19)15(2)5-9-6-20-8-14-9/h6,8,10-11H,3-5,7H2,1-2H3,(H,17,18). The van der Waals surface area contributed by atoms with Crippen molar-refractivity contribution in [1.29, 1.82) is 0 Å². The van der Waals surface area contributed by atoms with Crippen molar-refractivity contribution in [2.75, 3.05) is 12.8 Å². The quantitative estimate of drug-likeness (QED) is 0.897. The van der Waals surface area contributed by atoms with Gasteiger partial charge in [-0.05, 0) is 6.42 Å². The van der Waals surface area contributed by atoms with Crippen LogP contribution in [-0.4, -0.2) is 56.1 Å². The summed E-state index contributed by atoms with van der Waals surface area (Å²) in [6.07, 6.45) is 1.73. The van der Waals surface area contributed by atoms with Crippen molar-refractivity contribution < 1.29 is 14.7 Å². The van der Waals surface area contributed by atoms with E-state index in [2.05, 4.69) is 4.98 Å². The Morgan fingerprint density at radius 2 is 2.33 bits per heavy atom. The second-order valence-corrected chi connectivity index (χ2v) is 6.89. The lowest BCUT2D eigenvalue weighted by Gasteiger charge is -2.31. The van der Waals surface area contributed by atoms with Crippen LogP contribution in [0.3, 0.4) is 0 Å². The van der Waals surface area contributed by atoms with Gasteiger partial charge in [0.1, 0.15) is 6.04 Å². The van der Waals surface area contributed by atoms with Crippen LogP contribution in [0.15, 0.2) is 10.9 Å². The molecular formula is C13H19N3O3S2. The van der Waals surface area contributed by atoms with Gasteiger partial charge in [0.2, 0.25) is 0 Å². The Balaban J connectivity index is 2.10. The maximum Gasteiger partial charge on any atom is 0.327 e. The van der Waals surface area contributed by atoms with Gasteiger partial charge in [-0.25, -0.2) is 14.6 Å². The minimum absolute atomic E-state index is 0.0542. The molecule has 1 fully saturated rings. The van der Waals surface area contributed by atoms with E-state index in [9.17, 15) is 14.7 Å². The fourth-order valence-corrected chi connectivity index (χ4v) is 4.36. The highest BCUT2D eigenvalue weighted by atomic mass is 32.2. The number of carboxylic acid groups (broad SMARTS) is 1. The van der Waals surface area contributed by atoms with Crippen molar-refractivity contribution in [3.8, 4) is 0 Å². The van der Waals surface area contributed by atoms with E-state index in [1.165, 1.54) is 16.2 Å². The van der Waals surface area contributed by atoms with Gasteiger partial charge in [0, 0.05) is 18.2 Å². The van der Waals surface area contributed by atoms with Crippen molar-refractivity contribution in [3.05, 3.63) is 16.6 Å². The van der Waals surface area contributed by atoms with Gasteiger partial charge in [-0.3, -0.25) is 4.90 Å². The molecule has 2 atom stereocenters. The van der Waals surface area contributed by atoms with Gasteiger partial charge in [0.15, 0.2) is 0 Å². The molecule has 21 heavy (non-hydrogen) atoms. The lowest BCUT2D eigenvalue weighted by Crippen LogP contribution is -2.50. The summed E-state index contributed by atoms with van der Waals surface area (Å²) in [6.45, 7) is 2.44. The third kappa shape index (κ3) is 3.68. The molecule has 2 rings (SSSR count). The topological polar surface area (TPSA) is 73.7 Å². The SMILES string of the molecule is CCCC1SCC(C(=O)O)N1C(=O)N(C)Cc1cscn1. The predicted molar refractivity (Wildman–Crippen MR) is 83.4 cm³/mol. The van der Waals surface area contributed by atoms with Gasteiger partial charge >= 0.3 is 12.0 Å². The highest BCUT2D eigenvalue weighted by Crippen LogP contribution is 2.33. The monoisotopic (exact) mass is 329 g/mol. The lowest BCUT2D eigenvalue weighted by molar-refractivity contribution is -0.141. The summed E-state index contributed by atoms with van der Waals surface area (Å²) in [5, 5.41) is 11.2. The van der Waals surface area contributed by atoms with Crippen LogP contribution < -0.4 is 0 Å². The Kier molecular flexibility index (Phi) is 5.46. The smallest absolute Gasteiger partial charge is 0.327 e. The molecule has 0 aliphatic carbocycles. The highest BCUT2D eigenvalue weighted by Gasteiger charge is 2.42. The molecule has 0 aromatic carbocycles. The summed E-state index contributed by atoms with van der Waals surface area (Å²) in [5.41, 5.74) is 2.54. The lowest BCUT2D eigenvalue weighted by atomic mass is 10.2. The molecule has 6 nitrogen and oxygen atoms in total. The Morgan fingerprint density at radius 1 is 1.57 bits per heavy atom. The van der Waals surface area contributed by atoms with Crippen LogP contribution in [0.4, 0.5) is 4.79 Å². The van der Waals surface area contributed by atoms with Crippen molar-refractivity contribution >= 4 is 35.1 Å². The number of nitrogens with zero attached hydrogens (tertiary/aromatic N) is 3. The number of rotatable bonds is 5. The molecule has 2 heterocycles. The Hall–Kier alpha value is -1.28. The molecule has 2 amide bonds. The van der Waals surface area contributed by atoms with Gasteiger partial charge in [-0.1, -0.05) is 13.3 Å². The number of aliphatic carboxylic acids is 1. The summed E-state index contributed by atoms with van der Waals surface area (Å²) < 4.78 is 0. The molecule has 0 saturated carbocycles. The third-order valence-corrected chi connectivity index (χ3v) is 5.33. The first-order chi connectivity index (χ1) is 10.0. The maximum absolute atomic E-state index is 12.6. The molecule has 1 saturated heterocycles.